The fourth-order valence-electron chi connectivity index (χ4n) is 1.25. The van der Waals surface area contributed by atoms with Crippen molar-refractivity contribution in [3.63, 3.8) is 0 Å². The third-order valence-corrected chi connectivity index (χ3v) is 2.72. The number of para-hydroxylation sites is 1. The molecule has 0 amide bonds. The Kier molecular flexibility index (Phi) is 5.94. The van der Waals surface area contributed by atoms with Gasteiger partial charge in [-0.25, -0.2) is 0 Å². The minimum Gasteiger partial charge on any atom is -0.490 e. The Morgan fingerprint density at radius 2 is 1.94 bits per heavy atom. The molecule has 0 atom stereocenters. The van der Waals surface area contributed by atoms with Gasteiger partial charge in [0.2, 0.25) is 0 Å². The van der Waals surface area contributed by atoms with Gasteiger partial charge in [-0.2, -0.15) is 0 Å². The van der Waals surface area contributed by atoms with Crippen molar-refractivity contribution in [3.8, 4) is 5.75 Å². The van der Waals surface area contributed by atoms with Gasteiger partial charge in [-0.1, -0.05) is 34.4 Å². The minimum atomic E-state index is 0.223. The van der Waals surface area contributed by atoms with Crippen molar-refractivity contribution in [2.24, 2.45) is 10.9 Å². The Labute approximate surface area is 110 Å². The Hall–Kier alpha value is -1.13. The smallest absolute Gasteiger partial charge is 0.156 e. The number of benzene rings is 1. The first-order valence-electron chi connectivity index (χ1n) is 5.18. The van der Waals surface area contributed by atoms with Gasteiger partial charge in [0.25, 0.3) is 0 Å². The summed E-state index contributed by atoms with van der Waals surface area (Å²) in [6.45, 7) is 0.488. The number of hydrogen-bond donors (Lipinski definition) is 2. The van der Waals surface area contributed by atoms with Crippen LogP contribution in [0.15, 0.2) is 23.4 Å². The highest BCUT2D eigenvalue weighted by Gasteiger charge is 2.05. The molecule has 0 saturated heterocycles. The van der Waals surface area contributed by atoms with Crippen LogP contribution in [0.5, 0.6) is 5.75 Å². The zero-order valence-electron chi connectivity index (χ0n) is 9.20. The zero-order valence-corrected chi connectivity index (χ0v) is 10.7. The molecule has 0 aliphatic carbocycles. The first kappa shape index (κ1) is 13.9. The molecule has 0 unspecified atom stereocenters. The standard InChI is InChI=1S/C11H14Cl2N2O2/c12-8-4-3-5-9(13)11(8)17-7-2-1-6-10(14)15-16/h3-5,16H,1-2,6-7H2,(H2,14,15). The van der Waals surface area contributed by atoms with Crippen LogP contribution in [-0.4, -0.2) is 17.6 Å². The van der Waals surface area contributed by atoms with Crippen molar-refractivity contribution < 1.29 is 9.94 Å². The number of unbranched alkanes of at least 4 members (excludes halogenated alkanes) is 1. The molecule has 0 aliphatic heterocycles. The van der Waals surface area contributed by atoms with E-state index >= 15 is 0 Å². The van der Waals surface area contributed by atoms with Gasteiger partial charge in [-0.3, -0.25) is 0 Å². The van der Waals surface area contributed by atoms with Crippen LogP contribution in [0.2, 0.25) is 10.0 Å². The highest BCUT2D eigenvalue weighted by Crippen LogP contribution is 2.32. The highest BCUT2D eigenvalue weighted by atomic mass is 35.5. The molecule has 17 heavy (non-hydrogen) atoms. The van der Waals surface area contributed by atoms with E-state index in [1.165, 1.54) is 0 Å². The summed E-state index contributed by atoms with van der Waals surface area (Å²) in [5.74, 6) is 0.723. The van der Waals surface area contributed by atoms with Crippen molar-refractivity contribution in [2.75, 3.05) is 6.61 Å². The average Bonchev–Trinajstić information content (AvgIpc) is 2.31. The fraction of sp³-hybridized carbons (Fsp3) is 0.364. The van der Waals surface area contributed by atoms with E-state index in [2.05, 4.69) is 5.16 Å². The van der Waals surface area contributed by atoms with Gasteiger partial charge in [-0.15, -0.1) is 0 Å². The third kappa shape index (κ3) is 4.71. The maximum atomic E-state index is 8.34. The zero-order chi connectivity index (χ0) is 12.7. The number of amidine groups is 1. The van der Waals surface area contributed by atoms with Crippen LogP contribution in [0.4, 0.5) is 0 Å². The first-order valence-corrected chi connectivity index (χ1v) is 5.94. The van der Waals surface area contributed by atoms with Crippen molar-refractivity contribution >= 4 is 29.0 Å². The topological polar surface area (TPSA) is 67.8 Å². The first-order chi connectivity index (χ1) is 8.15. The lowest BCUT2D eigenvalue weighted by Gasteiger charge is -2.09. The lowest BCUT2D eigenvalue weighted by molar-refractivity contribution is 0.305. The predicted octanol–water partition coefficient (Wildman–Crippen LogP) is 3.29. The Bertz CT molecular complexity index is 377. The molecular formula is C11H14Cl2N2O2. The lowest BCUT2D eigenvalue weighted by atomic mass is 10.2. The van der Waals surface area contributed by atoms with E-state index in [1.54, 1.807) is 18.2 Å². The molecule has 0 fully saturated rings. The molecule has 1 rings (SSSR count). The second kappa shape index (κ2) is 7.25. The van der Waals surface area contributed by atoms with Crippen LogP contribution >= 0.6 is 23.2 Å². The third-order valence-electron chi connectivity index (χ3n) is 2.12. The summed E-state index contributed by atoms with van der Waals surface area (Å²) in [5, 5.41) is 12.2. The van der Waals surface area contributed by atoms with E-state index in [1.807, 2.05) is 0 Å². The van der Waals surface area contributed by atoms with Gasteiger partial charge in [0.05, 0.1) is 16.7 Å². The molecule has 0 spiro atoms. The summed E-state index contributed by atoms with van der Waals surface area (Å²) < 4.78 is 5.48. The number of ether oxygens (including phenoxy) is 1. The van der Waals surface area contributed by atoms with E-state index in [0.29, 0.717) is 28.8 Å². The van der Waals surface area contributed by atoms with E-state index < -0.39 is 0 Å². The van der Waals surface area contributed by atoms with Crippen LogP contribution < -0.4 is 10.5 Å². The fourth-order valence-corrected chi connectivity index (χ4v) is 1.76. The molecule has 3 N–H and O–H groups in total. The van der Waals surface area contributed by atoms with E-state index in [0.717, 1.165) is 12.8 Å². The van der Waals surface area contributed by atoms with Gasteiger partial charge in [0.15, 0.2) is 5.75 Å². The van der Waals surface area contributed by atoms with E-state index in [4.69, 9.17) is 38.9 Å². The maximum absolute atomic E-state index is 8.34. The van der Waals surface area contributed by atoms with Gasteiger partial charge < -0.3 is 15.7 Å². The van der Waals surface area contributed by atoms with Crippen molar-refractivity contribution in [2.45, 2.75) is 19.3 Å². The Balaban J connectivity index is 2.32. The molecule has 0 heterocycles. The molecule has 1 aromatic carbocycles. The number of hydrogen-bond acceptors (Lipinski definition) is 3. The molecule has 0 bridgehead atoms. The average molecular weight is 277 g/mol. The summed E-state index contributed by atoms with van der Waals surface area (Å²) in [6.07, 6.45) is 2.09. The normalized spacial score (nSPS) is 11.5. The predicted molar refractivity (Wildman–Crippen MR) is 69.2 cm³/mol. The monoisotopic (exact) mass is 276 g/mol. The number of rotatable bonds is 6. The van der Waals surface area contributed by atoms with Crippen molar-refractivity contribution in [1.29, 1.82) is 0 Å². The second-order valence-electron chi connectivity index (χ2n) is 3.45. The van der Waals surface area contributed by atoms with Crippen LogP contribution in [-0.2, 0) is 0 Å². The van der Waals surface area contributed by atoms with Gasteiger partial charge in [0.1, 0.15) is 5.84 Å². The number of nitrogens with two attached hydrogens (primary N) is 1. The summed E-state index contributed by atoms with van der Waals surface area (Å²) in [4.78, 5) is 0. The summed E-state index contributed by atoms with van der Waals surface area (Å²) in [7, 11) is 0. The molecule has 0 aromatic heterocycles. The molecule has 4 nitrogen and oxygen atoms in total. The second-order valence-corrected chi connectivity index (χ2v) is 4.26. The molecule has 0 saturated carbocycles. The van der Waals surface area contributed by atoms with Crippen LogP contribution in [0.1, 0.15) is 19.3 Å². The maximum Gasteiger partial charge on any atom is 0.156 e. The molecule has 0 radical (unpaired) electrons. The Morgan fingerprint density at radius 3 is 2.53 bits per heavy atom. The summed E-state index contributed by atoms with van der Waals surface area (Å²) in [5.41, 5.74) is 5.33. The van der Waals surface area contributed by atoms with Crippen LogP contribution in [0, 0.1) is 0 Å². The lowest BCUT2D eigenvalue weighted by Crippen LogP contribution is -2.11. The van der Waals surface area contributed by atoms with Crippen molar-refractivity contribution in [1.82, 2.24) is 0 Å². The quantitative estimate of drug-likeness (QED) is 0.275. The largest absolute Gasteiger partial charge is 0.490 e. The highest BCUT2D eigenvalue weighted by molar-refractivity contribution is 6.37. The SMILES string of the molecule is N/C(CCCCOc1c(Cl)cccc1Cl)=N/O. The Morgan fingerprint density at radius 1 is 1.29 bits per heavy atom. The molecule has 94 valence electrons. The van der Waals surface area contributed by atoms with Gasteiger partial charge >= 0.3 is 0 Å². The number of halogens is 2. The number of oxime groups is 1. The van der Waals surface area contributed by atoms with E-state index in [9.17, 15) is 0 Å². The van der Waals surface area contributed by atoms with E-state index in [-0.39, 0.29) is 5.84 Å². The summed E-state index contributed by atoms with van der Waals surface area (Å²) in [6, 6.07) is 5.20. The number of nitrogens with zero attached hydrogens (tertiary/aromatic N) is 1. The molecule has 6 heteroatoms. The molecular weight excluding hydrogens is 263 g/mol. The molecule has 0 aliphatic rings. The van der Waals surface area contributed by atoms with Crippen molar-refractivity contribution in [3.05, 3.63) is 28.2 Å². The summed E-state index contributed by atoms with van der Waals surface area (Å²) >= 11 is 11.9. The van der Waals surface area contributed by atoms with Crippen LogP contribution in [0.25, 0.3) is 0 Å². The van der Waals surface area contributed by atoms with Crippen LogP contribution in [0.3, 0.4) is 0 Å². The van der Waals surface area contributed by atoms with Gasteiger partial charge in [-0.05, 0) is 25.0 Å². The van der Waals surface area contributed by atoms with Gasteiger partial charge in [0, 0.05) is 6.42 Å². The molecule has 1 aromatic rings. The minimum absolute atomic E-state index is 0.223.